The molecule has 0 unspecified atom stereocenters. The summed E-state index contributed by atoms with van der Waals surface area (Å²) in [5.41, 5.74) is 0.509. The van der Waals surface area contributed by atoms with Crippen LogP contribution in [0.5, 0.6) is 0 Å². The molecule has 0 aliphatic heterocycles. The molecular formula is C12H14FN3O. The number of fused-ring (bicyclic) bond motifs is 1. The Labute approximate surface area is 98.2 Å². The van der Waals surface area contributed by atoms with Crippen LogP contribution in [-0.2, 0) is 0 Å². The van der Waals surface area contributed by atoms with Crippen LogP contribution in [0.2, 0.25) is 0 Å². The molecule has 0 atom stereocenters. The zero-order chi connectivity index (χ0) is 12.6. The van der Waals surface area contributed by atoms with Crippen LogP contribution in [-0.4, -0.2) is 21.6 Å². The Morgan fingerprint density at radius 1 is 1.41 bits per heavy atom. The second kappa shape index (κ2) is 3.84. The Hall–Kier alpha value is -1.91. The molecule has 5 heteroatoms. The van der Waals surface area contributed by atoms with Gasteiger partial charge < -0.3 is 5.32 Å². The van der Waals surface area contributed by atoms with Crippen LogP contribution in [0.3, 0.4) is 0 Å². The van der Waals surface area contributed by atoms with Gasteiger partial charge >= 0.3 is 0 Å². The Bertz CT molecular complexity index is 569. The zero-order valence-corrected chi connectivity index (χ0v) is 9.97. The molecule has 0 saturated carbocycles. The third kappa shape index (κ3) is 2.43. The van der Waals surface area contributed by atoms with Crippen molar-refractivity contribution in [2.24, 2.45) is 0 Å². The third-order valence-electron chi connectivity index (χ3n) is 2.23. The molecule has 2 aromatic rings. The number of benzene rings is 1. The van der Waals surface area contributed by atoms with Crippen molar-refractivity contribution in [2.45, 2.75) is 26.3 Å². The van der Waals surface area contributed by atoms with Gasteiger partial charge in [0.15, 0.2) is 5.69 Å². The maximum atomic E-state index is 13.1. The average molecular weight is 235 g/mol. The van der Waals surface area contributed by atoms with Gasteiger partial charge in [-0.25, -0.2) is 4.39 Å². The summed E-state index contributed by atoms with van der Waals surface area (Å²) in [6, 6.07) is 4.19. The number of hydrogen-bond acceptors (Lipinski definition) is 2. The second-order valence-electron chi connectivity index (χ2n) is 4.97. The van der Waals surface area contributed by atoms with E-state index in [0.29, 0.717) is 10.9 Å². The van der Waals surface area contributed by atoms with E-state index in [1.165, 1.54) is 12.1 Å². The molecule has 1 aromatic heterocycles. The van der Waals surface area contributed by atoms with Crippen molar-refractivity contribution in [3.63, 3.8) is 0 Å². The largest absolute Gasteiger partial charge is 0.346 e. The highest BCUT2D eigenvalue weighted by Crippen LogP contribution is 2.17. The predicted molar refractivity (Wildman–Crippen MR) is 63.3 cm³/mol. The highest BCUT2D eigenvalue weighted by molar-refractivity contribution is 6.04. The van der Waals surface area contributed by atoms with Crippen LogP contribution in [0.1, 0.15) is 31.3 Å². The van der Waals surface area contributed by atoms with Crippen LogP contribution in [0, 0.1) is 5.82 Å². The first kappa shape index (κ1) is 11.6. The maximum absolute atomic E-state index is 13.1. The van der Waals surface area contributed by atoms with Crippen LogP contribution in [0.4, 0.5) is 4.39 Å². The number of halogens is 1. The van der Waals surface area contributed by atoms with E-state index in [-0.39, 0.29) is 23.0 Å². The van der Waals surface area contributed by atoms with Crippen LogP contribution in [0.25, 0.3) is 10.9 Å². The van der Waals surface area contributed by atoms with Crippen molar-refractivity contribution in [1.29, 1.82) is 0 Å². The van der Waals surface area contributed by atoms with Gasteiger partial charge in [0.1, 0.15) is 5.82 Å². The third-order valence-corrected chi connectivity index (χ3v) is 2.23. The molecule has 0 aliphatic carbocycles. The van der Waals surface area contributed by atoms with Crippen LogP contribution < -0.4 is 5.32 Å². The Morgan fingerprint density at radius 3 is 2.76 bits per heavy atom. The Morgan fingerprint density at radius 2 is 2.12 bits per heavy atom. The smallest absolute Gasteiger partial charge is 0.272 e. The van der Waals surface area contributed by atoms with E-state index >= 15 is 0 Å². The van der Waals surface area contributed by atoms with Gasteiger partial charge in [-0.1, -0.05) is 0 Å². The fourth-order valence-corrected chi connectivity index (χ4v) is 1.56. The molecule has 0 aliphatic rings. The maximum Gasteiger partial charge on any atom is 0.272 e. The summed E-state index contributed by atoms with van der Waals surface area (Å²) in [7, 11) is 0. The molecule has 1 heterocycles. The first-order valence-corrected chi connectivity index (χ1v) is 5.33. The van der Waals surface area contributed by atoms with E-state index in [0.717, 1.165) is 0 Å². The van der Waals surface area contributed by atoms with Gasteiger partial charge in [0.2, 0.25) is 0 Å². The minimum absolute atomic E-state index is 0.217. The Kier molecular flexibility index (Phi) is 2.61. The normalized spacial score (nSPS) is 11.8. The molecular weight excluding hydrogens is 221 g/mol. The van der Waals surface area contributed by atoms with E-state index in [9.17, 15) is 9.18 Å². The standard InChI is InChI=1S/C12H14FN3O/c1-12(2,3)14-11(17)10-8-6-7(13)4-5-9(8)15-16-10/h4-6H,1-3H3,(H,14,17)(H,15,16). The van der Waals surface area contributed by atoms with E-state index in [1.54, 1.807) is 6.07 Å². The molecule has 0 fully saturated rings. The molecule has 0 saturated heterocycles. The van der Waals surface area contributed by atoms with Crippen molar-refractivity contribution in [3.05, 3.63) is 29.7 Å². The number of H-pyrrole nitrogens is 1. The highest BCUT2D eigenvalue weighted by Gasteiger charge is 2.19. The van der Waals surface area contributed by atoms with Gasteiger partial charge in [0, 0.05) is 10.9 Å². The molecule has 2 rings (SSSR count). The fourth-order valence-electron chi connectivity index (χ4n) is 1.56. The molecule has 4 nitrogen and oxygen atoms in total. The van der Waals surface area contributed by atoms with E-state index < -0.39 is 0 Å². The number of aromatic amines is 1. The summed E-state index contributed by atoms with van der Waals surface area (Å²) in [6.45, 7) is 5.63. The summed E-state index contributed by atoms with van der Waals surface area (Å²) in [5, 5.41) is 9.90. The van der Waals surface area contributed by atoms with E-state index in [4.69, 9.17) is 0 Å². The lowest BCUT2D eigenvalue weighted by molar-refractivity contribution is 0.0916. The number of carbonyl (C=O) groups excluding carboxylic acids is 1. The molecule has 1 aromatic carbocycles. The van der Waals surface area contributed by atoms with Gasteiger partial charge in [-0.2, -0.15) is 5.10 Å². The zero-order valence-electron chi connectivity index (χ0n) is 9.97. The van der Waals surface area contributed by atoms with Gasteiger partial charge in [0.25, 0.3) is 5.91 Å². The van der Waals surface area contributed by atoms with Crippen LogP contribution in [0.15, 0.2) is 18.2 Å². The highest BCUT2D eigenvalue weighted by atomic mass is 19.1. The SMILES string of the molecule is CC(C)(C)NC(=O)c1n[nH]c2ccc(F)cc12. The topological polar surface area (TPSA) is 57.8 Å². The number of hydrogen-bond donors (Lipinski definition) is 2. The molecule has 90 valence electrons. The van der Waals surface area contributed by atoms with Gasteiger partial charge in [-0.15, -0.1) is 0 Å². The number of nitrogens with zero attached hydrogens (tertiary/aromatic N) is 1. The lowest BCUT2D eigenvalue weighted by Gasteiger charge is -2.19. The number of rotatable bonds is 1. The van der Waals surface area contributed by atoms with Gasteiger partial charge in [-0.05, 0) is 39.0 Å². The molecule has 1 amide bonds. The molecule has 0 bridgehead atoms. The molecule has 0 radical (unpaired) electrons. The number of aromatic nitrogens is 2. The second-order valence-corrected chi connectivity index (χ2v) is 4.97. The quantitative estimate of drug-likeness (QED) is 0.796. The minimum Gasteiger partial charge on any atom is -0.346 e. The monoisotopic (exact) mass is 235 g/mol. The molecule has 0 spiro atoms. The minimum atomic E-state index is -0.385. The average Bonchev–Trinajstić information content (AvgIpc) is 2.57. The van der Waals surface area contributed by atoms with E-state index in [2.05, 4.69) is 15.5 Å². The fraction of sp³-hybridized carbons (Fsp3) is 0.333. The van der Waals surface area contributed by atoms with Crippen molar-refractivity contribution in [3.8, 4) is 0 Å². The number of nitrogens with one attached hydrogen (secondary N) is 2. The lowest BCUT2D eigenvalue weighted by atomic mass is 10.1. The summed E-state index contributed by atoms with van der Waals surface area (Å²) in [5.74, 6) is -0.696. The molecule has 2 N–H and O–H groups in total. The molecule has 17 heavy (non-hydrogen) atoms. The van der Waals surface area contributed by atoms with Crippen molar-refractivity contribution >= 4 is 16.8 Å². The van der Waals surface area contributed by atoms with Gasteiger partial charge in [-0.3, -0.25) is 9.89 Å². The summed E-state index contributed by atoms with van der Waals surface area (Å²) >= 11 is 0. The first-order chi connectivity index (χ1) is 7.87. The first-order valence-electron chi connectivity index (χ1n) is 5.33. The summed E-state index contributed by atoms with van der Waals surface area (Å²) in [6.07, 6.45) is 0. The van der Waals surface area contributed by atoms with Gasteiger partial charge in [0.05, 0.1) is 5.52 Å². The van der Waals surface area contributed by atoms with Crippen molar-refractivity contribution in [1.82, 2.24) is 15.5 Å². The number of amides is 1. The lowest BCUT2D eigenvalue weighted by Crippen LogP contribution is -2.40. The van der Waals surface area contributed by atoms with Crippen molar-refractivity contribution < 1.29 is 9.18 Å². The summed E-state index contributed by atoms with van der Waals surface area (Å²) in [4.78, 5) is 11.9. The Balaban J connectivity index is 2.42. The summed E-state index contributed by atoms with van der Waals surface area (Å²) < 4.78 is 13.1. The van der Waals surface area contributed by atoms with Crippen molar-refractivity contribution in [2.75, 3.05) is 0 Å². The van der Waals surface area contributed by atoms with E-state index in [1.807, 2.05) is 20.8 Å². The predicted octanol–water partition coefficient (Wildman–Crippen LogP) is 2.23. The number of carbonyl (C=O) groups is 1. The van der Waals surface area contributed by atoms with Crippen LogP contribution >= 0.6 is 0 Å².